The SMILES string of the molecule is COc1cc(C)cc(Oc2ccc(S(=O)(=O)N3CCc4[nH]n(-c5ccccc5)c(=O)c4C3C(=O)NO)cc2)c1. The van der Waals surface area contributed by atoms with E-state index in [1.54, 1.807) is 43.5 Å². The zero-order valence-electron chi connectivity index (χ0n) is 21.1. The molecule has 0 radical (unpaired) electrons. The molecular weight excluding hydrogens is 524 g/mol. The molecule has 0 spiro atoms. The van der Waals surface area contributed by atoms with Crippen molar-refractivity contribution in [3.05, 3.63) is 100.0 Å². The van der Waals surface area contributed by atoms with Crippen LogP contribution in [0.4, 0.5) is 0 Å². The number of carbonyl (C=O) groups is 1. The zero-order chi connectivity index (χ0) is 27.7. The standard InChI is InChI=1S/C27H26N4O7S/c1-17-14-20(37-2)16-21(15-17)38-19-8-10-22(11-9-19)39(35,36)30-13-12-23-24(25(30)26(32)29-34)27(33)31(28-23)18-6-4-3-5-7-18/h3-11,14-16,25,28,34H,12-13H2,1-2H3,(H,29,32). The molecule has 5 rings (SSSR count). The minimum Gasteiger partial charge on any atom is -0.497 e. The van der Waals surface area contributed by atoms with Crippen LogP contribution >= 0.6 is 0 Å². The van der Waals surface area contributed by atoms with Crippen LogP contribution in [-0.2, 0) is 21.2 Å². The summed E-state index contributed by atoms with van der Waals surface area (Å²) in [5, 5.41) is 12.4. The molecule has 2 heterocycles. The topological polar surface area (TPSA) is 143 Å². The van der Waals surface area contributed by atoms with Crippen LogP contribution < -0.4 is 20.5 Å². The number of hydroxylamine groups is 1. The second-order valence-corrected chi connectivity index (χ2v) is 10.9. The van der Waals surface area contributed by atoms with Crippen LogP contribution in [0.15, 0.2) is 82.5 Å². The summed E-state index contributed by atoms with van der Waals surface area (Å²) in [6.45, 7) is 1.80. The molecule has 0 fully saturated rings. The van der Waals surface area contributed by atoms with Gasteiger partial charge in [-0.1, -0.05) is 18.2 Å². The second kappa shape index (κ2) is 10.4. The zero-order valence-corrected chi connectivity index (χ0v) is 21.9. The largest absolute Gasteiger partial charge is 0.497 e. The molecule has 0 saturated heterocycles. The van der Waals surface area contributed by atoms with Gasteiger partial charge >= 0.3 is 0 Å². The van der Waals surface area contributed by atoms with Crippen molar-refractivity contribution in [2.24, 2.45) is 0 Å². The molecule has 1 atom stereocenters. The van der Waals surface area contributed by atoms with E-state index < -0.39 is 27.5 Å². The van der Waals surface area contributed by atoms with E-state index in [-0.39, 0.29) is 23.4 Å². The number of ether oxygens (including phenoxy) is 2. The van der Waals surface area contributed by atoms with Crippen LogP contribution in [0.5, 0.6) is 17.2 Å². The van der Waals surface area contributed by atoms with Crippen molar-refractivity contribution in [3.8, 4) is 22.9 Å². The van der Waals surface area contributed by atoms with Crippen molar-refractivity contribution in [2.75, 3.05) is 13.7 Å². The van der Waals surface area contributed by atoms with Crippen LogP contribution in [0.3, 0.4) is 0 Å². The molecule has 1 aliphatic rings. The number of hydrogen-bond acceptors (Lipinski definition) is 7. The lowest BCUT2D eigenvalue weighted by atomic mass is 10.0. The van der Waals surface area contributed by atoms with Crippen molar-refractivity contribution in [2.45, 2.75) is 24.3 Å². The number of aryl methyl sites for hydroxylation is 1. The number of nitrogens with one attached hydrogen (secondary N) is 2. The Morgan fingerprint density at radius 1 is 1.03 bits per heavy atom. The number of methoxy groups -OCH3 is 1. The average Bonchev–Trinajstić information content (AvgIpc) is 3.28. The summed E-state index contributed by atoms with van der Waals surface area (Å²) in [6.07, 6.45) is 0.162. The van der Waals surface area contributed by atoms with Gasteiger partial charge in [0.05, 0.1) is 23.3 Å². The molecule has 0 aliphatic carbocycles. The predicted molar refractivity (Wildman–Crippen MR) is 141 cm³/mol. The van der Waals surface area contributed by atoms with Gasteiger partial charge in [0, 0.05) is 24.7 Å². The number of aromatic nitrogens is 2. The first-order valence-corrected chi connectivity index (χ1v) is 13.5. The Labute approximate surface area is 224 Å². The number of fused-ring (bicyclic) bond motifs is 1. The third-order valence-electron chi connectivity index (χ3n) is 6.45. The van der Waals surface area contributed by atoms with Gasteiger partial charge in [0.2, 0.25) is 10.0 Å². The molecule has 4 aromatic rings. The van der Waals surface area contributed by atoms with Gasteiger partial charge in [0.1, 0.15) is 23.3 Å². The quantitative estimate of drug-likeness (QED) is 0.237. The lowest BCUT2D eigenvalue weighted by molar-refractivity contribution is -0.133. The fourth-order valence-corrected chi connectivity index (χ4v) is 6.21. The molecule has 1 aromatic heterocycles. The van der Waals surface area contributed by atoms with Crippen LogP contribution in [0, 0.1) is 6.92 Å². The van der Waals surface area contributed by atoms with Gasteiger partial charge in [0.25, 0.3) is 11.5 Å². The third kappa shape index (κ3) is 4.92. The minimum absolute atomic E-state index is 0.0476. The molecule has 1 unspecified atom stereocenters. The summed E-state index contributed by atoms with van der Waals surface area (Å²) in [5.74, 6) is 0.499. The van der Waals surface area contributed by atoms with Crippen molar-refractivity contribution in [3.63, 3.8) is 0 Å². The molecule has 1 aliphatic heterocycles. The summed E-state index contributed by atoms with van der Waals surface area (Å²) in [5.41, 5.74) is 2.76. The number of carbonyl (C=O) groups excluding carboxylic acids is 1. The number of benzene rings is 3. The number of hydrogen-bond donors (Lipinski definition) is 3. The lowest BCUT2D eigenvalue weighted by Gasteiger charge is -2.32. The monoisotopic (exact) mass is 550 g/mol. The third-order valence-corrected chi connectivity index (χ3v) is 8.33. The highest BCUT2D eigenvalue weighted by molar-refractivity contribution is 7.89. The van der Waals surface area contributed by atoms with Gasteiger partial charge in [-0.05, 0) is 61.0 Å². The minimum atomic E-state index is -4.26. The number of H-pyrrole nitrogens is 1. The average molecular weight is 551 g/mol. The summed E-state index contributed by atoms with van der Waals surface area (Å²) in [7, 11) is -2.71. The Balaban J connectivity index is 1.47. The molecule has 0 bridgehead atoms. The highest BCUT2D eigenvalue weighted by Crippen LogP contribution is 2.34. The molecule has 0 saturated carbocycles. The Hall–Kier alpha value is -4.39. The van der Waals surface area contributed by atoms with E-state index in [0.717, 1.165) is 9.87 Å². The molecular formula is C27H26N4O7S. The number of aromatic amines is 1. The molecule has 202 valence electrons. The van der Waals surface area contributed by atoms with E-state index in [9.17, 15) is 23.2 Å². The Morgan fingerprint density at radius 3 is 2.38 bits per heavy atom. The summed E-state index contributed by atoms with van der Waals surface area (Å²) >= 11 is 0. The smallest absolute Gasteiger partial charge is 0.276 e. The van der Waals surface area contributed by atoms with Crippen molar-refractivity contribution in [1.82, 2.24) is 19.6 Å². The molecule has 11 nitrogen and oxygen atoms in total. The fraction of sp³-hybridized carbons (Fsp3) is 0.185. The van der Waals surface area contributed by atoms with E-state index >= 15 is 0 Å². The highest BCUT2D eigenvalue weighted by atomic mass is 32.2. The van der Waals surface area contributed by atoms with E-state index in [4.69, 9.17) is 9.47 Å². The Kier molecular flexibility index (Phi) is 7.00. The van der Waals surface area contributed by atoms with Crippen molar-refractivity contribution >= 4 is 15.9 Å². The highest BCUT2D eigenvalue weighted by Gasteiger charge is 2.43. The maximum atomic E-state index is 13.7. The molecule has 1 amide bonds. The first-order chi connectivity index (χ1) is 18.7. The first-order valence-electron chi connectivity index (χ1n) is 12.0. The van der Waals surface area contributed by atoms with E-state index in [1.165, 1.54) is 34.4 Å². The van der Waals surface area contributed by atoms with Gasteiger partial charge in [-0.2, -0.15) is 4.31 Å². The predicted octanol–water partition coefficient (Wildman–Crippen LogP) is 3.07. The van der Waals surface area contributed by atoms with E-state index in [2.05, 4.69) is 5.10 Å². The lowest BCUT2D eigenvalue weighted by Crippen LogP contribution is -2.48. The Bertz CT molecular complexity index is 1680. The number of para-hydroxylation sites is 1. The van der Waals surface area contributed by atoms with Crippen molar-refractivity contribution < 1.29 is 27.9 Å². The summed E-state index contributed by atoms with van der Waals surface area (Å²) in [6, 6.07) is 18.2. The van der Waals surface area contributed by atoms with E-state index in [1.807, 2.05) is 19.1 Å². The van der Waals surface area contributed by atoms with Crippen LogP contribution in [0.2, 0.25) is 0 Å². The summed E-state index contributed by atoms with van der Waals surface area (Å²) in [4.78, 5) is 26.1. The van der Waals surface area contributed by atoms with Crippen LogP contribution in [0.1, 0.15) is 22.9 Å². The van der Waals surface area contributed by atoms with Crippen LogP contribution in [-0.4, -0.2) is 47.3 Å². The normalized spacial score (nSPS) is 15.4. The number of amides is 1. The first kappa shape index (κ1) is 26.2. The fourth-order valence-electron chi connectivity index (χ4n) is 4.65. The summed E-state index contributed by atoms with van der Waals surface area (Å²) < 4.78 is 40.7. The second-order valence-electron chi connectivity index (χ2n) is 8.98. The van der Waals surface area contributed by atoms with E-state index in [0.29, 0.717) is 28.6 Å². The Morgan fingerprint density at radius 2 is 1.72 bits per heavy atom. The van der Waals surface area contributed by atoms with Gasteiger partial charge in [0.15, 0.2) is 0 Å². The molecule has 39 heavy (non-hydrogen) atoms. The maximum absolute atomic E-state index is 13.7. The van der Waals surface area contributed by atoms with Crippen LogP contribution in [0.25, 0.3) is 5.69 Å². The number of rotatable bonds is 7. The van der Waals surface area contributed by atoms with Gasteiger partial charge in [-0.25, -0.2) is 18.6 Å². The maximum Gasteiger partial charge on any atom is 0.276 e. The van der Waals surface area contributed by atoms with Gasteiger partial charge in [-0.15, -0.1) is 0 Å². The van der Waals surface area contributed by atoms with Crippen molar-refractivity contribution in [1.29, 1.82) is 0 Å². The number of sulfonamides is 1. The molecule has 3 aromatic carbocycles. The molecule has 12 heteroatoms. The number of nitrogens with zero attached hydrogens (tertiary/aromatic N) is 2. The van der Waals surface area contributed by atoms with Gasteiger partial charge in [-0.3, -0.25) is 19.9 Å². The molecule has 3 N–H and O–H groups in total. The van der Waals surface area contributed by atoms with Gasteiger partial charge < -0.3 is 9.47 Å².